The number of amides is 2. The molecule has 3 rings (SSSR count). The molecule has 10 heteroatoms. The molecule has 0 aliphatic carbocycles. The van der Waals surface area contributed by atoms with Crippen LogP contribution in [0.4, 0.5) is 11.4 Å². The number of benzene rings is 3. The normalized spacial score (nSPS) is 10.6. The van der Waals surface area contributed by atoms with E-state index in [0.29, 0.717) is 38.5 Å². The van der Waals surface area contributed by atoms with Gasteiger partial charge >= 0.3 is 5.97 Å². The van der Waals surface area contributed by atoms with Crippen molar-refractivity contribution in [3.63, 3.8) is 0 Å². The number of esters is 1. The summed E-state index contributed by atoms with van der Waals surface area (Å²) in [4.78, 5) is 36.7. The Bertz CT molecular complexity index is 1380. The predicted molar refractivity (Wildman–Crippen MR) is 141 cm³/mol. The van der Waals surface area contributed by atoms with Gasteiger partial charge in [0.15, 0.2) is 6.61 Å². The third-order valence-corrected chi connectivity index (χ3v) is 5.43. The molecule has 37 heavy (non-hydrogen) atoms. The minimum Gasteiger partial charge on any atom is -0.495 e. The second-order valence-corrected chi connectivity index (χ2v) is 8.33. The van der Waals surface area contributed by atoms with Crippen LogP contribution >= 0.6 is 15.9 Å². The fraction of sp³-hybridized carbons (Fsp3) is 0.111. The van der Waals surface area contributed by atoms with Gasteiger partial charge in [0, 0.05) is 15.7 Å². The van der Waals surface area contributed by atoms with Gasteiger partial charge in [-0.3, -0.25) is 9.59 Å². The Morgan fingerprint density at radius 1 is 0.973 bits per heavy atom. The van der Waals surface area contributed by atoms with Gasteiger partial charge in [-0.15, -0.1) is 0 Å². The summed E-state index contributed by atoms with van der Waals surface area (Å²) in [5, 5.41) is 14.9. The lowest BCUT2D eigenvalue weighted by Gasteiger charge is -2.12. The van der Waals surface area contributed by atoms with Crippen LogP contribution in [0.25, 0.3) is 6.08 Å². The summed E-state index contributed by atoms with van der Waals surface area (Å²) in [5.41, 5.74) is 1.42. The van der Waals surface area contributed by atoms with Crippen LogP contribution in [-0.4, -0.2) is 38.6 Å². The smallest absolute Gasteiger partial charge is 0.337 e. The standard InChI is InChI=1S/C27H22BrN3O6/c1-35-24-6-4-3-5-22(24)31-25(32)16-37-23-12-9-20(28)14-18(23)13-19(15-29)26(33)30-21-10-7-17(8-11-21)27(34)36-2/h3-14H,16H2,1-2H3,(H,30,33)(H,31,32)/b19-13-. The SMILES string of the molecule is COC(=O)c1ccc(NC(=O)/C(C#N)=C\c2cc(Br)ccc2OCC(=O)Nc2ccccc2OC)cc1. The molecule has 0 heterocycles. The molecule has 188 valence electrons. The largest absolute Gasteiger partial charge is 0.495 e. The van der Waals surface area contributed by atoms with Crippen molar-refractivity contribution in [2.45, 2.75) is 0 Å². The number of methoxy groups -OCH3 is 2. The van der Waals surface area contributed by atoms with Gasteiger partial charge in [-0.1, -0.05) is 28.1 Å². The molecule has 0 bridgehead atoms. The van der Waals surface area contributed by atoms with Gasteiger partial charge < -0.3 is 24.8 Å². The first kappa shape index (κ1) is 27.0. The Morgan fingerprint density at radius 3 is 2.38 bits per heavy atom. The number of nitrogens with one attached hydrogen (secondary N) is 2. The van der Waals surface area contributed by atoms with Crippen molar-refractivity contribution in [3.05, 3.63) is 87.9 Å². The lowest BCUT2D eigenvalue weighted by atomic mass is 10.1. The third-order valence-electron chi connectivity index (χ3n) is 4.94. The molecule has 0 aliphatic heterocycles. The first-order chi connectivity index (χ1) is 17.8. The number of ether oxygens (including phenoxy) is 3. The van der Waals surface area contributed by atoms with Crippen LogP contribution in [0.15, 0.2) is 76.8 Å². The van der Waals surface area contributed by atoms with Crippen LogP contribution in [0.1, 0.15) is 15.9 Å². The molecule has 0 aromatic heterocycles. The maximum absolute atomic E-state index is 12.7. The van der Waals surface area contributed by atoms with Crippen LogP contribution < -0.4 is 20.1 Å². The molecule has 3 aromatic rings. The molecular formula is C27H22BrN3O6. The number of rotatable bonds is 9. The molecule has 3 aromatic carbocycles. The summed E-state index contributed by atoms with van der Waals surface area (Å²) in [7, 11) is 2.77. The molecule has 0 unspecified atom stereocenters. The number of hydrogen-bond donors (Lipinski definition) is 2. The predicted octanol–water partition coefficient (Wildman–Crippen LogP) is 4.81. The number of anilines is 2. The number of hydrogen-bond acceptors (Lipinski definition) is 7. The molecule has 0 atom stereocenters. The fourth-order valence-corrected chi connectivity index (χ4v) is 3.53. The second-order valence-electron chi connectivity index (χ2n) is 7.41. The van der Waals surface area contributed by atoms with Crippen molar-refractivity contribution in [3.8, 4) is 17.6 Å². The Morgan fingerprint density at radius 2 is 1.70 bits per heavy atom. The molecule has 0 saturated heterocycles. The van der Waals surface area contributed by atoms with E-state index in [2.05, 4.69) is 31.3 Å². The molecule has 0 saturated carbocycles. The van der Waals surface area contributed by atoms with Crippen molar-refractivity contribution in [1.29, 1.82) is 5.26 Å². The number of halogens is 1. The second kappa shape index (κ2) is 12.9. The minimum absolute atomic E-state index is 0.196. The van der Waals surface area contributed by atoms with E-state index < -0.39 is 17.8 Å². The van der Waals surface area contributed by atoms with Crippen molar-refractivity contribution >= 4 is 51.2 Å². The summed E-state index contributed by atoms with van der Waals surface area (Å²) in [6.07, 6.45) is 1.36. The van der Waals surface area contributed by atoms with Gasteiger partial charge in [-0.2, -0.15) is 5.26 Å². The monoisotopic (exact) mass is 563 g/mol. The third kappa shape index (κ3) is 7.43. The van der Waals surface area contributed by atoms with Crippen molar-refractivity contribution in [1.82, 2.24) is 0 Å². The van der Waals surface area contributed by atoms with Gasteiger partial charge in [-0.25, -0.2) is 4.79 Å². The fourth-order valence-electron chi connectivity index (χ4n) is 3.15. The molecule has 0 spiro atoms. The van der Waals surface area contributed by atoms with Gasteiger partial charge in [0.2, 0.25) is 0 Å². The van der Waals surface area contributed by atoms with Gasteiger partial charge in [0.25, 0.3) is 11.8 Å². The molecule has 0 radical (unpaired) electrons. The van der Waals surface area contributed by atoms with E-state index in [0.717, 1.165) is 0 Å². The molecule has 9 nitrogen and oxygen atoms in total. The van der Waals surface area contributed by atoms with Crippen LogP contribution in [-0.2, 0) is 14.3 Å². The highest BCUT2D eigenvalue weighted by molar-refractivity contribution is 9.10. The average molecular weight is 564 g/mol. The Kier molecular flexibility index (Phi) is 9.41. The number of para-hydroxylation sites is 2. The number of nitrogens with zero attached hydrogens (tertiary/aromatic N) is 1. The van der Waals surface area contributed by atoms with Crippen LogP contribution in [0.3, 0.4) is 0 Å². The Hall–Kier alpha value is -4.62. The average Bonchev–Trinajstić information content (AvgIpc) is 2.91. The summed E-state index contributed by atoms with van der Waals surface area (Å²) in [5.74, 6) is -0.785. The summed E-state index contributed by atoms with van der Waals surface area (Å²) < 4.78 is 16.2. The lowest BCUT2D eigenvalue weighted by molar-refractivity contribution is -0.118. The van der Waals surface area contributed by atoms with Crippen LogP contribution in [0.5, 0.6) is 11.5 Å². The van der Waals surface area contributed by atoms with E-state index in [1.807, 2.05) is 6.07 Å². The Balaban J connectivity index is 1.73. The number of carbonyl (C=O) groups is 3. The summed E-state index contributed by atoms with van der Waals surface area (Å²) in [6, 6.07) is 19.9. The van der Waals surface area contributed by atoms with Gasteiger partial charge in [0.05, 0.1) is 25.5 Å². The van der Waals surface area contributed by atoms with E-state index in [9.17, 15) is 19.6 Å². The van der Waals surface area contributed by atoms with Crippen molar-refractivity contribution in [2.24, 2.45) is 0 Å². The first-order valence-electron chi connectivity index (χ1n) is 10.8. The van der Waals surface area contributed by atoms with E-state index in [1.54, 1.807) is 42.5 Å². The van der Waals surface area contributed by atoms with Gasteiger partial charge in [0.1, 0.15) is 23.1 Å². The zero-order valence-electron chi connectivity index (χ0n) is 19.9. The summed E-state index contributed by atoms with van der Waals surface area (Å²) >= 11 is 3.36. The highest BCUT2D eigenvalue weighted by atomic mass is 79.9. The van der Waals surface area contributed by atoms with E-state index in [1.165, 1.54) is 44.6 Å². The summed E-state index contributed by atoms with van der Waals surface area (Å²) in [6.45, 7) is -0.318. The van der Waals surface area contributed by atoms with E-state index in [4.69, 9.17) is 9.47 Å². The number of nitriles is 1. The maximum atomic E-state index is 12.7. The number of carbonyl (C=O) groups excluding carboxylic acids is 3. The Labute approximate surface area is 221 Å². The highest BCUT2D eigenvalue weighted by Crippen LogP contribution is 2.27. The van der Waals surface area contributed by atoms with Crippen molar-refractivity contribution in [2.75, 3.05) is 31.5 Å². The van der Waals surface area contributed by atoms with Gasteiger partial charge in [-0.05, 0) is 60.7 Å². The van der Waals surface area contributed by atoms with Crippen LogP contribution in [0, 0.1) is 11.3 Å². The van der Waals surface area contributed by atoms with E-state index >= 15 is 0 Å². The quantitative estimate of drug-likeness (QED) is 0.217. The zero-order chi connectivity index (χ0) is 26.8. The molecule has 2 amide bonds. The molecule has 2 N–H and O–H groups in total. The van der Waals surface area contributed by atoms with Crippen molar-refractivity contribution < 1.29 is 28.6 Å². The maximum Gasteiger partial charge on any atom is 0.337 e. The zero-order valence-corrected chi connectivity index (χ0v) is 21.5. The topological polar surface area (TPSA) is 127 Å². The highest BCUT2D eigenvalue weighted by Gasteiger charge is 2.14. The molecular weight excluding hydrogens is 542 g/mol. The minimum atomic E-state index is -0.659. The first-order valence-corrected chi connectivity index (χ1v) is 11.6. The lowest BCUT2D eigenvalue weighted by Crippen LogP contribution is -2.20. The molecule has 0 fully saturated rings. The molecule has 0 aliphatic rings. The van der Waals surface area contributed by atoms with E-state index in [-0.39, 0.29) is 12.2 Å². The van der Waals surface area contributed by atoms with Crippen LogP contribution in [0.2, 0.25) is 0 Å².